The Morgan fingerprint density at radius 3 is 3.00 bits per heavy atom. The van der Waals surface area contributed by atoms with Gasteiger partial charge >= 0.3 is 0 Å². The molecule has 1 aromatic heterocycles. The van der Waals surface area contributed by atoms with E-state index in [9.17, 15) is 0 Å². The molecule has 1 N–H and O–H groups in total. The minimum atomic E-state index is 0.719. The maximum absolute atomic E-state index is 5.41. The molecule has 108 valence electrons. The molecule has 1 saturated carbocycles. The van der Waals surface area contributed by atoms with Crippen LogP contribution in [0.3, 0.4) is 0 Å². The van der Waals surface area contributed by atoms with E-state index in [1.807, 2.05) is 6.92 Å². The van der Waals surface area contributed by atoms with Gasteiger partial charge < -0.3 is 10.1 Å². The first-order valence-corrected chi connectivity index (χ1v) is 7.64. The molecule has 1 fully saturated rings. The normalized spacial score (nSPS) is 15.1. The average Bonchev–Trinajstić information content (AvgIpc) is 3.24. The standard InChI is InChI=1S/C16H23N3O/c1-2-20-11-5-10-19-16-7-4-3-6-14(16)15(18-19)12-17-13-8-9-13/h3-4,6-7,13,17H,2,5,8-12H2,1H3. The average molecular weight is 273 g/mol. The summed E-state index contributed by atoms with van der Waals surface area (Å²) in [5, 5.41) is 9.61. The zero-order valence-corrected chi connectivity index (χ0v) is 12.1. The van der Waals surface area contributed by atoms with E-state index in [-0.39, 0.29) is 0 Å². The number of benzene rings is 1. The van der Waals surface area contributed by atoms with Crippen molar-refractivity contribution in [1.29, 1.82) is 0 Å². The van der Waals surface area contributed by atoms with Crippen LogP contribution >= 0.6 is 0 Å². The molecule has 0 bridgehead atoms. The summed E-state index contributed by atoms with van der Waals surface area (Å²) in [6.07, 6.45) is 3.63. The van der Waals surface area contributed by atoms with Crippen LogP contribution in [-0.4, -0.2) is 29.0 Å². The van der Waals surface area contributed by atoms with Gasteiger partial charge in [0.25, 0.3) is 0 Å². The number of rotatable bonds is 8. The summed E-state index contributed by atoms with van der Waals surface area (Å²) in [6, 6.07) is 9.22. The Morgan fingerprint density at radius 2 is 2.20 bits per heavy atom. The van der Waals surface area contributed by atoms with E-state index in [0.717, 1.165) is 38.8 Å². The van der Waals surface area contributed by atoms with E-state index in [1.165, 1.54) is 29.4 Å². The second-order valence-corrected chi connectivity index (χ2v) is 5.39. The third-order valence-electron chi connectivity index (χ3n) is 3.73. The van der Waals surface area contributed by atoms with Crippen LogP contribution < -0.4 is 5.32 Å². The Bertz CT molecular complexity index is 560. The fourth-order valence-electron chi connectivity index (χ4n) is 2.49. The van der Waals surface area contributed by atoms with Gasteiger partial charge in [0.1, 0.15) is 0 Å². The monoisotopic (exact) mass is 273 g/mol. The van der Waals surface area contributed by atoms with E-state index in [4.69, 9.17) is 9.84 Å². The Labute approximate surface area is 120 Å². The summed E-state index contributed by atoms with van der Waals surface area (Å²) in [6.45, 7) is 5.43. The van der Waals surface area contributed by atoms with Crippen LogP contribution in [0.2, 0.25) is 0 Å². The number of hydrogen-bond donors (Lipinski definition) is 1. The van der Waals surface area contributed by atoms with Gasteiger partial charge in [-0.15, -0.1) is 0 Å². The first-order chi connectivity index (χ1) is 9.88. The highest BCUT2D eigenvalue weighted by molar-refractivity contribution is 5.81. The maximum Gasteiger partial charge on any atom is 0.0841 e. The summed E-state index contributed by atoms with van der Waals surface area (Å²) in [4.78, 5) is 0. The molecule has 0 aliphatic heterocycles. The quantitative estimate of drug-likeness (QED) is 0.752. The van der Waals surface area contributed by atoms with Gasteiger partial charge in [0.2, 0.25) is 0 Å². The molecule has 2 aromatic rings. The largest absolute Gasteiger partial charge is 0.382 e. The van der Waals surface area contributed by atoms with Crippen molar-refractivity contribution in [3.63, 3.8) is 0 Å². The maximum atomic E-state index is 5.41. The fourth-order valence-corrected chi connectivity index (χ4v) is 2.49. The third kappa shape index (κ3) is 3.19. The molecule has 4 heteroatoms. The number of nitrogens with zero attached hydrogens (tertiary/aromatic N) is 2. The zero-order valence-electron chi connectivity index (χ0n) is 12.1. The van der Waals surface area contributed by atoms with E-state index in [0.29, 0.717) is 0 Å². The van der Waals surface area contributed by atoms with Crippen LogP contribution in [0.15, 0.2) is 24.3 Å². The van der Waals surface area contributed by atoms with Crippen LogP contribution in [-0.2, 0) is 17.8 Å². The van der Waals surface area contributed by atoms with Crippen molar-refractivity contribution in [2.24, 2.45) is 0 Å². The summed E-state index contributed by atoms with van der Waals surface area (Å²) < 4.78 is 7.53. The summed E-state index contributed by atoms with van der Waals surface area (Å²) in [5.41, 5.74) is 2.40. The predicted octanol–water partition coefficient (Wildman–Crippen LogP) is 2.71. The molecular formula is C16H23N3O. The first kappa shape index (κ1) is 13.6. The number of hydrogen-bond acceptors (Lipinski definition) is 3. The third-order valence-corrected chi connectivity index (χ3v) is 3.73. The number of aromatic nitrogens is 2. The highest BCUT2D eigenvalue weighted by Gasteiger charge is 2.21. The minimum Gasteiger partial charge on any atom is -0.382 e. The highest BCUT2D eigenvalue weighted by Crippen LogP contribution is 2.22. The number of para-hydroxylation sites is 1. The molecule has 0 unspecified atom stereocenters. The molecule has 3 rings (SSSR count). The molecule has 1 aliphatic rings. The number of aryl methyl sites for hydroxylation is 1. The predicted molar refractivity (Wildman–Crippen MR) is 80.7 cm³/mol. The van der Waals surface area contributed by atoms with Crippen LogP contribution in [0.5, 0.6) is 0 Å². The van der Waals surface area contributed by atoms with Crippen molar-refractivity contribution < 1.29 is 4.74 Å². The van der Waals surface area contributed by atoms with Crippen molar-refractivity contribution in [3.05, 3.63) is 30.0 Å². The fraction of sp³-hybridized carbons (Fsp3) is 0.562. The number of ether oxygens (including phenoxy) is 1. The highest BCUT2D eigenvalue weighted by atomic mass is 16.5. The molecule has 0 saturated heterocycles. The van der Waals surface area contributed by atoms with Crippen LogP contribution in [0.25, 0.3) is 10.9 Å². The van der Waals surface area contributed by atoms with E-state index >= 15 is 0 Å². The van der Waals surface area contributed by atoms with Gasteiger partial charge in [-0.1, -0.05) is 18.2 Å². The molecule has 0 spiro atoms. The van der Waals surface area contributed by atoms with Crippen molar-refractivity contribution in [1.82, 2.24) is 15.1 Å². The molecule has 0 radical (unpaired) electrons. The lowest BCUT2D eigenvalue weighted by atomic mass is 10.2. The molecule has 4 nitrogen and oxygen atoms in total. The zero-order chi connectivity index (χ0) is 13.8. The molecular weight excluding hydrogens is 250 g/mol. The van der Waals surface area contributed by atoms with Crippen molar-refractivity contribution in [3.8, 4) is 0 Å². The molecule has 1 aliphatic carbocycles. The minimum absolute atomic E-state index is 0.719. The van der Waals surface area contributed by atoms with Crippen molar-refractivity contribution in [2.75, 3.05) is 13.2 Å². The van der Waals surface area contributed by atoms with E-state index in [1.54, 1.807) is 0 Å². The number of nitrogens with one attached hydrogen (secondary N) is 1. The van der Waals surface area contributed by atoms with E-state index < -0.39 is 0 Å². The summed E-state index contributed by atoms with van der Waals surface area (Å²) in [7, 11) is 0. The first-order valence-electron chi connectivity index (χ1n) is 7.64. The molecule has 1 aromatic carbocycles. The van der Waals surface area contributed by atoms with Gasteiger partial charge in [0, 0.05) is 37.7 Å². The Hall–Kier alpha value is -1.39. The van der Waals surface area contributed by atoms with Gasteiger partial charge in [-0.25, -0.2) is 0 Å². The lowest BCUT2D eigenvalue weighted by molar-refractivity contribution is 0.141. The lowest BCUT2D eigenvalue weighted by Gasteiger charge is -2.03. The molecule has 20 heavy (non-hydrogen) atoms. The summed E-state index contributed by atoms with van der Waals surface area (Å²) in [5.74, 6) is 0. The van der Waals surface area contributed by atoms with Crippen LogP contribution in [0, 0.1) is 0 Å². The molecule has 1 heterocycles. The van der Waals surface area contributed by atoms with Gasteiger partial charge in [-0.3, -0.25) is 4.68 Å². The second kappa shape index (κ2) is 6.37. The van der Waals surface area contributed by atoms with Gasteiger partial charge in [-0.05, 0) is 32.3 Å². The van der Waals surface area contributed by atoms with Crippen molar-refractivity contribution in [2.45, 2.75) is 45.3 Å². The number of fused-ring (bicyclic) bond motifs is 1. The van der Waals surface area contributed by atoms with Crippen molar-refractivity contribution >= 4 is 10.9 Å². The molecule has 0 atom stereocenters. The van der Waals surface area contributed by atoms with Gasteiger partial charge in [0.05, 0.1) is 11.2 Å². The Balaban J connectivity index is 1.72. The van der Waals surface area contributed by atoms with Gasteiger partial charge in [0.15, 0.2) is 0 Å². The summed E-state index contributed by atoms with van der Waals surface area (Å²) >= 11 is 0. The van der Waals surface area contributed by atoms with Gasteiger partial charge in [-0.2, -0.15) is 5.10 Å². The molecule has 0 amide bonds. The van der Waals surface area contributed by atoms with E-state index in [2.05, 4.69) is 34.3 Å². The second-order valence-electron chi connectivity index (χ2n) is 5.39. The SMILES string of the molecule is CCOCCCn1nc(CNC2CC2)c2ccccc21. The van der Waals surface area contributed by atoms with Crippen LogP contribution in [0.4, 0.5) is 0 Å². The Morgan fingerprint density at radius 1 is 1.35 bits per heavy atom. The lowest BCUT2D eigenvalue weighted by Crippen LogP contribution is -2.16. The van der Waals surface area contributed by atoms with Crippen LogP contribution in [0.1, 0.15) is 31.9 Å². The smallest absolute Gasteiger partial charge is 0.0841 e. The Kier molecular flexibility index (Phi) is 4.33. The topological polar surface area (TPSA) is 39.1 Å².